The van der Waals surface area contributed by atoms with Crippen LogP contribution in [0.25, 0.3) is 0 Å². The van der Waals surface area contributed by atoms with Gasteiger partial charge in [-0.25, -0.2) is 0 Å². The van der Waals surface area contributed by atoms with Crippen LogP contribution in [0.3, 0.4) is 0 Å². The molecule has 0 aliphatic rings. The summed E-state index contributed by atoms with van der Waals surface area (Å²) in [5.41, 5.74) is 3.28. The summed E-state index contributed by atoms with van der Waals surface area (Å²) in [6, 6.07) is 26.1. The minimum absolute atomic E-state index is 0. The van der Waals surface area contributed by atoms with E-state index in [0.717, 1.165) is 15.6 Å². The summed E-state index contributed by atoms with van der Waals surface area (Å²) in [6.45, 7) is 3.24. The van der Waals surface area contributed by atoms with E-state index in [4.69, 9.17) is 4.74 Å². The number of ether oxygens (including phenoxy) is 1. The Labute approximate surface area is 192 Å². The van der Waals surface area contributed by atoms with Crippen molar-refractivity contribution in [2.75, 3.05) is 6.61 Å². The first-order valence-corrected chi connectivity index (χ1v) is 10.4. The minimum atomic E-state index is -0.145. The molecule has 0 aliphatic carbocycles. The molecule has 3 rings (SSSR count). The molecule has 0 radical (unpaired) electrons. The van der Waals surface area contributed by atoms with Crippen molar-refractivity contribution in [3.05, 3.63) is 100 Å². The second-order valence-corrected chi connectivity index (χ2v) is 7.73. The molecule has 4 nitrogen and oxygen atoms in total. The van der Waals surface area contributed by atoms with Gasteiger partial charge in [0, 0.05) is 29.2 Å². The molecule has 0 saturated carbocycles. The molecule has 0 saturated heterocycles. The summed E-state index contributed by atoms with van der Waals surface area (Å²) < 4.78 is 6.78. The fraction of sp³-hybridized carbons (Fsp3) is 0.208. The quantitative estimate of drug-likeness (QED) is 0.484. The first-order chi connectivity index (χ1) is 14.1. The van der Waals surface area contributed by atoms with E-state index >= 15 is 0 Å². The van der Waals surface area contributed by atoms with Crippen molar-refractivity contribution >= 4 is 21.8 Å². The van der Waals surface area contributed by atoms with Crippen LogP contribution in [0, 0.1) is 0 Å². The summed E-state index contributed by atoms with van der Waals surface area (Å²) in [5, 5.41) is 6.40. The number of rotatable bonds is 9. The average molecular weight is 489 g/mol. The molecule has 1 unspecified atom stereocenters. The number of hydrogen-bond acceptors (Lipinski definition) is 3. The van der Waals surface area contributed by atoms with Crippen LogP contribution in [0.15, 0.2) is 83.3 Å². The number of nitrogens with one attached hydrogen (secondary N) is 2. The summed E-state index contributed by atoms with van der Waals surface area (Å²) in [6.07, 6.45) is 0. The van der Waals surface area contributed by atoms with Crippen LogP contribution in [0.4, 0.5) is 0 Å². The largest absolute Gasteiger partial charge is 1.00 e. The minimum Gasteiger partial charge on any atom is -1.00 e. The molecular weight excluding hydrogens is 464 g/mol. The molecule has 30 heavy (non-hydrogen) atoms. The highest BCUT2D eigenvalue weighted by molar-refractivity contribution is 9.10. The number of hydrogen-bond donors (Lipinski definition) is 2. The van der Waals surface area contributed by atoms with Gasteiger partial charge < -0.3 is 27.8 Å². The van der Waals surface area contributed by atoms with Crippen molar-refractivity contribution in [1.29, 1.82) is 0 Å². The average Bonchev–Trinajstić information content (AvgIpc) is 2.76. The van der Waals surface area contributed by atoms with Gasteiger partial charge in [0.25, 0.3) is 5.91 Å². The summed E-state index contributed by atoms with van der Waals surface area (Å²) in [5.74, 6) is 0.559. The topological polar surface area (TPSA) is 50.4 Å². The third kappa shape index (κ3) is 7.48. The second kappa shape index (κ2) is 12.4. The van der Waals surface area contributed by atoms with Crippen LogP contribution in [0.2, 0.25) is 0 Å². The fourth-order valence-electron chi connectivity index (χ4n) is 2.94. The lowest BCUT2D eigenvalue weighted by Gasteiger charge is -2.17. The Hall–Kier alpha value is -2.34. The monoisotopic (exact) mass is 487 g/mol. The zero-order valence-electron chi connectivity index (χ0n) is 16.8. The Morgan fingerprint density at radius 3 is 2.33 bits per heavy atom. The van der Waals surface area contributed by atoms with Crippen molar-refractivity contribution in [1.82, 2.24) is 10.6 Å². The first kappa shape index (κ1) is 23.9. The molecule has 0 spiro atoms. The van der Waals surface area contributed by atoms with E-state index < -0.39 is 0 Å². The van der Waals surface area contributed by atoms with Crippen LogP contribution in [0.1, 0.15) is 29.7 Å². The number of benzene rings is 3. The van der Waals surface area contributed by atoms with Crippen LogP contribution in [-0.2, 0) is 17.9 Å². The standard InChI is InChI=1S/C24H25BrN2O2.ClH/c1-18(20-10-6-3-7-11-20)26-16-21-14-22(25)12-13-23(21)29-17-24(28)27-15-19-8-4-2-5-9-19;/h2-14,18,26H,15-17H2,1H3,(H,27,28);1H/p-1. The predicted octanol–water partition coefficient (Wildman–Crippen LogP) is 2.00. The van der Waals surface area contributed by atoms with E-state index in [2.05, 4.69) is 45.6 Å². The van der Waals surface area contributed by atoms with E-state index in [1.54, 1.807) is 0 Å². The van der Waals surface area contributed by atoms with Gasteiger partial charge in [-0.3, -0.25) is 4.79 Å². The van der Waals surface area contributed by atoms with E-state index in [1.165, 1.54) is 5.56 Å². The molecule has 0 aromatic heterocycles. The van der Waals surface area contributed by atoms with Gasteiger partial charge in [-0.1, -0.05) is 76.6 Å². The maximum Gasteiger partial charge on any atom is 0.258 e. The molecule has 0 bridgehead atoms. The van der Waals surface area contributed by atoms with Crippen LogP contribution in [-0.4, -0.2) is 12.5 Å². The number of carbonyl (C=O) groups is 1. The molecule has 0 fully saturated rings. The Morgan fingerprint density at radius 1 is 0.967 bits per heavy atom. The summed E-state index contributed by atoms with van der Waals surface area (Å²) in [7, 11) is 0. The third-order valence-corrected chi connectivity index (χ3v) is 5.11. The third-order valence-electron chi connectivity index (χ3n) is 4.61. The van der Waals surface area contributed by atoms with E-state index in [1.807, 2.05) is 66.7 Å². The smallest absolute Gasteiger partial charge is 0.258 e. The molecular formula is C24H25BrClN2O2-. The second-order valence-electron chi connectivity index (χ2n) is 6.82. The van der Waals surface area contributed by atoms with Gasteiger partial charge in [-0.05, 0) is 36.2 Å². The Morgan fingerprint density at radius 2 is 1.63 bits per heavy atom. The first-order valence-electron chi connectivity index (χ1n) is 9.62. The maximum atomic E-state index is 12.2. The highest BCUT2D eigenvalue weighted by Crippen LogP contribution is 2.24. The Kier molecular flexibility index (Phi) is 9.87. The van der Waals surface area contributed by atoms with Gasteiger partial charge in [-0.2, -0.15) is 0 Å². The molecule has 0 heterocycles. The van der Waals surface area contributed by atoms with Crippen molar-refractivity contribution < 1.29 is 21.9 Å². The van der Waals surface area contributed by atoms with Gasteiger partial charge in [0.2, 0.25) is 0 Å². The van der Waals surface area contributed by atoms with Crippen LogP contribution < -0.4 is 27.8 Å². The molecule has 6 heteroatoms. The molecule has 158 valence electrons. The lowest BCUT2D eigenvalue weighted by Crippen LogP contribution is -3.00. The van der Waals surface area contributed by atoms with Gasteiger partial charge in [0.05, 0.1) is 0 Å². The molecule has 0 aliphatic heterocycles. The molecule has 1 amide bonds. The molecule has 2 N–H and O–H groups in total. The van der Waals surface area contributed by atoms with Crippen LogP contribution >= 0.6 is 15.9 Å². The van der Waals surface area contributed by atoms with Crippen molar-refractivity contribution in [3.8, 4) is 5.75 Å². The number of amides is 1. The Balaban J connectivity index is 0.00000320. The molecule has 3 aromatic rings. The number of halogens is 2. The van der Waals surface area contributed by atoms with Gasteiger partial charge in [0.15, 0.2) is 6.61 Å². The number of carbonyl (C=O) groups excluding carboxylic acids is 1. The molecule has 1 atom stereocenters. The zero-order chi connectivity index (χ0) is 20.5. The SMILES string of the molecule is CC(NCc1cc(Br)ccc1OCC(=O)NCc1ccccc1)c1ccccc1.[Cl-]. The van der Waals surface area contributed by atoms with Gasteiger partial charge in [-0.15, -0.1) is 0 Å². The van der Waals surface area contributed by atoms with E-state index in [9.17, 15) is 4.79 Å². The van der Waals surface area contributed by atoms with Gasteiger partial charge in [0.1, 0.15) is 5.75 Å². The summed E-state index contributed by atoms with van der Waals surface area (Å²) in [4.78, 5) is 12.2. The highest BCUT2D eigenvalue weighted by Gasteiger charge is 2.10. The lowest BCUT2D eigenvalue weighted by atomic mass is 10.1. The van der Waals surface area contributed by atoms with Crippen molar-refractivity contribution in [2.24, 2.45) is 0 Å². The van der Waals surface area contributed by atoms with E-state index in [0.29, 0.717) is 18.8 Å². The van der Waals surface area contributed by atoms with Crippen LogP contribution in [0.5, 0.6) is 5.75 Å². The fourth-order valence-corrected chi connectivity index (χ4v) is 3.35. The molecule has 3 aromatic carbocycles. The zero-order valence-corrected chi connectivity index (χ0v) is 19.1. The highest BCUT2D eigenvalue weighted by atomic mass is 79.9. The normalized spacial score (nSPS) is 11.3. The summed E-state index contributed by atoms with van der Waals surface area (Å²) >= 11 is 3.52. The van der Waals surface area contributed by atoms with E-state index in [-0.39, 0.29) is 31.0 Å². The maximum absolute atomic E-state index is 12.2. The lowest BCUT2D eigenvalue weighted by molar-refractivity contribution is -0.123. The Bertz CT molecular complexity index is 923. The van der Waals surface area contributed by atoms with Crippen molar-refractivity contribution in [2.45, 2.75) is 26.1 Å². The van der Waals surface area contributed by atoms with Gasteiger partial charge >= 0.3 is 0 Å². The van der Waals surface area contributed by atoms with Crippen molar-refractivity contribution in [3.63, 3.8) is 0 Å². The predicted molar refractivity (Wildman–Crippen MR) is 120 cm³/mol.